The molecular formula is C19H13ClN4O2S. The van der Waals surface area contributed by atoms with E-state index in [1.165, 1.54) is 11.3 Å². The second-order valence-electron chi connectivity index (χ2n) is 5.68. The number of benzene rings is 1. The Labute approximate surface area is 163 Å². The molecule has 0 aliphatic carbocycles. The summed E-state index contributed by atoms with van der Waals surface area (Å²) in [7, 11) is 0. The molecule has 0 fully saturated rings. The highest BCUT2D eigenvalue weighted by Gasteiger charge is 2.23. The molecule has 1 amide bonds. The van der Waals surface area contributed by atoms with E-state index in [0.717, 1.165) is 11.3 Å². The van der Waals surface area contributed by atoms with Gasteiger partial charge in [0.2, 0.25) is 0 Å². The van der Waals surface area contributed by atoms with Gasteiger partial charge in [0.25, 0.3) is 5.91 Å². The van der Waals surface area contributed by atoms with E-state index in [1.807, 2.05) is 29.6 Å². The van der Waals surface area contributed by atoms with Crippen LogP contribution in [0.1, 0.15) is 16.1 Å². The summed E-state index contributed by atoms with van der Waals surface area (Å²) in [4.78, 5) is 21.4. The molecule has 4 rings (SSSR count). The lowest BCUT2D eigenvalue weighted by Gasteiger charge is -2.04. The van der Waals surface area contributed by atoms with Crippen LogP contribution in [0.5, 0.6) is 0 Å². The van der Waals surface area contributed by atoms with Gasteiger partial charge in [-0.1, -0.05) is 35.0 Å². The fourth-order valence-electron chi connectivity index (χ4n) is 2.61. The minimum absolute atomic E-state index is 0.334. The molecule has 0 atom stereocenters. The van der Waals surface area contributed by atoms with E-state index < -0.39 is 0 Å². The number of rotatable bonds is 4. The average Bonchev–Trinajstić information content (AvgIpc) is 3.29. The molecule has 0 unspecified atom stereocenters. The fraction of sp³-hybridized carbons (Fsp3) is 0.0526. The molecule has 4 aromatic rings. The molecule has 1 N–H and O–H groups in total. The average molecular weight is 397 g/mol. The number of halogens is 1. The van der Waals surface area contributed by atoms with Crippen LogP contribution in [0.3, 0.4) is 0 Å². The minimum atomic E-state index is -0.351. The molecule has 0 radical (unpaired) electrons. The molecule has 0 saturated heterocycles. The third-order valence-corrected chi connectivity index (χ3v) is 4.99. The van der Waals surface area contributed by atoms with Crippen molar-refractivity contribution >= 4 is 34.0 Å². The maximum absolute atomic E-state index is 12.8. The van der Waals surface area contributed by atoms with Gasteiger partial charge in [-0.05, 0) is 25.1 Å². The van der Waals surface area contributed by atoms with Crippen LogP contribution in [-0.4, -0.2) is 21.0 Å². The van der Waals surface area contributed by atoms with E-state index >= 15 is 0 Å². The van der Waals surface area contributed by atoms with Crippen LogP contribution in [0.2, 0.25) is 5.02 Å². The molecule has 27 heavy (non-hydrogen) atoms. The minimum Gasteiger partial charge on any atom is -0.360 e. The van der Waals surface area contributed by atoms with Crippen LogP contribution in [0, 0.1) is 6.92 Å². The molecular weight excluding hydrogens is 384 g/mol. The second-order valence-corrected chi connectivity index (χ2v) is 6.94. The van der Waals surface area contributed by atoms with Crippen molar-refractivity contribution in [1.29, 1.82) is 0 Å². The van der Waals surface area contributed by atoms with Gasteiger partial charge in [-0.3, -0.25) is 15.1 Å². The molecule has 6 nitrogen and oxygen atoms in total. The molecule has 0 saturated carbocycles. The van der Waals surface area contributed by atoms with Crippen molar-refractivity contribution in [2.75, 3.05) is 5.32 Å². The van der Waals surface area contributed by atoms with E-state index in [9.17, 15) is 4.79 Å². The normalized spacial score (nSPS) is 10.7. The number of hydrogen-bond acceptors (Lipinski definition) is 6. The fourth-order valence-corrected chi connectivity index (χ4v) is 3.55. The van der Waals surface area contributed by atoms with Gasteiger partial charge >= 0.3 is 0 Å². The van der Waals surface area contributed by atoms with Crippen LogP contribution in [-0.2, 0) is 0 Å². The maximum Gasteiger partial charge on any atom is 0.263 e. The Hall–Kier alpha value is -3.03. The molecule has 0 aliphatic heterocycles. The number of carbonyl (C=O) groups is 1. The number of aryl methyl sites for hydroxylation is 1. The third kappa shape index (κ3) is 3.47. The molecule has 0 spiro atoms. The SMILES string of the molecule is Cc1onc(-c2ccccc2Cl)c1C(=O)Nc1nc(-c2cccnc2)cs1. The number of hydrogen-bond donors (Lipinski definition) is 1. The van der Waals surface area contributed by atoms with Crippen molar-refractivity contribution in [2.24, 2.45) is 0 Å². The first kappa shape index (κ1) is 17.4. The Bertz CT molecular complexity index is 1110. The van der Waals surface area contributed by atoms with Crippen molar-refractivity contribution in [1.82, 2.24) is 15.1 Å². The number of thiazole rings is 1. The molecule has 3 aromatic heterocycles. The van der Waals surface area contributed by atoms with Crippen molar-refractivity contribution in [3.63, 3.8) is 0 Å². The van der Waals surface area contributed by atoms with Crippen molar-refractivity contribution in [3.05, 3.63) is 70.5 Å². The zero-order valence-electron chi connectivity index (χ0n) is 14.1. The summed E-state index contributed by atoms with van der Waals surface area (Å²) in [5.41, 5.74) is 3.00. The van der Waals surface area contributed by atoms with E-state index in [2.05, 4.69) is 20.4 Å². The zero-order chi connectivity index (χ0) is 18.8. The molecule has 8 heteroatoms. The predicted molar refractivity (Wildman–Crippen MR) is 105 cm³/mol. The van der Waals surface area contributed by atoms with Gasteiger partial charge in [-0.15, -0.1) is 11.3 Å². The quantitative estimate of drug-likeness (QED) is 0.520. The van der Waals surface area contributed by atoms with Gasteiger partial charge in [-0.25, -0.2) is 4.98 Å². The smallest absolute Gasteiger partial charge is 0.263 e. The summed E-state index contributed by atoms with van der Waals surface area (Å²) >= 11 is 7.58. The van der Waals surface area contributed by atoms with Gasteiger partial charge in [0.15, 0.2) is 5.13 Å². The number of pyridine rings is 1. The number of anilines is 1. The van der Waals surface area contributed by atoms with Gasteiger partial charge < -0.3 is 4.52 Å². The van der Waals surface area contributed by atoms with E-state index in [4.69, 9.17) is 16.1 Å². The van der Waals surface area contributed by atoms with E-state index in [-0.39, 0.29) is 5.91 Å². The monoisotopic (exact) mass is 396 g/mol. The van der Waals surface area contributed by atoms with Crippen molar-refractivity contribution in [3.8, 4) is 22.5 Å². The maximum atomic E-state index is 12.8. The summed E-state index contributed by atoms with van der Waals surface area (Å²) < 4.78 is 5.24. The Kier molecular flexibility index (Phi) is 4.70. The van der Waals surface area contributed by atoms with Crippen LogP contribution in [0.25, 0.3) is 22.5 Å². The lowest BCUT2D eigenvalue weighted by atomic mass is 10.1. The first-order valence-corrected chi connectivity index (χ1v) is 9.27. The Morgan fingerprint density at radius 3 is 2.85 bits per heavy atom. The standard InChI is InChI=1S/C19H13ClN4O2S/c1-11-16(17(24-26-11)13-6-2-3-7-14(13)20)18(25)23-19-22-15(10-27-19)12-5-4-8-21-9-12/h2-10H,1H3,(H,22,23,25). The van der Waals surface area contributed by atoms with Crippen LogP contribution in [0.4, 0.5) is 5.13 Å². The number of aromatic nitrogens is 3. The van der Waals surface area contributed by atoms with Gasteiger partial charge in [0.1, 0.15) is 17.0 Å². The predicted octanol–water partition coefficient (Wildman–Crippen LogP) is 5.07. The lowest BCUT2D eigenvalue weighted by molar-refractivity contribution is 0.102. The first-order valence-electron chi connectivity index (χ1n) is 8.02. The summed E-state index contributed by atoms with van der Waals surface area (Å²) in [6, 6.07) is 10.9. The molecule has 3 heterocycles. The molecule has 134 valence electrons. The van der Waals surface area contributed by atoms with Crippen LogP contribution >= 0.6 is 22.9 Å². The highest BCUT2D eigenvalue weighted by Crippen LogP contribution is 2.32. The third-order valence-electron chi connectivity index (χ3n) is 3.90. The Balaban J connectivity index is 1.63. The summed E-state index contributed by atoms with van der Waals surface area (Å²) in [5, 5.41) is 9.66. The first-order chi connectivity index (χ1) is 13.1. The van der Waals surface area contributed by atoms with Crippen molar-refractivity contribution in [2.45, 2.75) is 6.92 Å². The van der Waals surface area contributed by atoms with Crippen LogP contribution < -0.4 is 5.32 Å². The largest absolute Gasteiger partial charge is 0.360 e. The number of amides is 1. The Morgan fingerprint density at radius 2 is 2.07 bits per heavy atom. The highest BCUT2D eigenvalue weighted by atomic mass is 35.5. The molecule has 0 bridgehead atoms. The van der Waals surface area contributed by atoms with Gasteiger partial charge in [-0.2, -0.15) is 0 Å². The molecule has 1 aromatic carbocycles. The van der Waals surface area contributed by atoms with E-state index in [0.29, 0.717) is 32.7 Å². The van der Waals surface area contributed by atoms with Crippen LogP contribution in [0.15, 0.2) is 58.7 Å². The summed E-state index contributed by atoms with van der Waals surface area (Å²) in [5.74, 6) is 0.0576. The number of carbonyl (C=O) groups excluding carboxylic acids is 1. The molecule has 0 aliphatic rings. The van der Waals surface area contributed by atoms with Gasteiger partial charge in [0, 0.05) is 28.9 Å². The summed E-state index contributed by atoms with van der Waals surface area (Å²) in [6.07, 6.45) is 3.42. The zero-order valence-corrected chi connectivity index (χ0v) is 15.7. The van der Waals surface area contributed by atoms with Crippen molar-refractivity contribution < 1.29 is 9.32 Å². The highest BCUT2D eigenvalue weighted by molar-refractivity contribution is 7.14. The topological polar surface area (TPSA) is 80.9 Å². The number of nitrogens with one attached hydrogen (secondary N) is 1. The second kappa shape index (κ2) is 7.30. The number of nitrogens with zero attached hydrogens (tertiary/aromatic N) is 3. The Morgan fingerprint density at radius 1 is 1.22 bits per heavy atom. The summed E-state index contributed by atoms with van der Waals surface area (Å²) in [6.45, 7) is 1.69. The lowest BCUT2D eigenvalue weighted by Crippen LogP contribution is -2.13. The van der Waals surface area contributed by atoms with E-state index in [1.54, 1.807) is 31.5 Å². The van der Waals surface area contributed by atoms with Gasteiger partial charge in [0.05, 0.1) is 10.7 Å².